The highest BCUT2D eigenvalue weighted by Crippen LogP contribution is 2.71. The number of unbranched alkanes of at least 4 members (excludes halogenated alkanes) is 1. The quantitative estimate of drug-likeness (QED) is 0.0906. The molecule has 278 valence electrons. The minimum atomic E-state index is -6.41. The molecule has 0 atom stereocenters. The lowest BCUT2D eigenvalue weighted by Gasteiger charge is -2.55. The molecule has 4 saturated carbocycles. The smallest absolute Gasteiger partial charge is 0.434 e. The van der Waals surface area contributed by atoms with E-state index in [0.717, 1.165) is 44.8 Å². The predicted molar refractivity (Wildman–Crippen MR) is 182 cm³/mol. The van der Waals surface area contributed by atoms with Crippen molar-refractivity contribution < 1.29 is 52.3 Å². The van der Waals surface area contributed by atoms with Crippen molar-refractivity contribution >= 4 is 36.4 Å². The third-order valence-corrected chi connectivity index (χ3v) is 16.4. The Labute approximate surface area is 297 Å². The van der Waals surface area contributed by atoms with Crippen molar-refractivity contribution in [3.05, 3.63) is 84.9 Å². The molecule has 0 spiro atoms. The van der Waals surface area contributed by atoms with Gasteiger partial charge in [0.1, 0.15) is 5.60 Å². The molecule has 0 radical (unpaired) electrons. The number of sulfone groups is 1. The van der Waals surface area contributed by atoms with Crippen LogP contribution in [0.2, 0.25) is 0 Å². The Morgan fingerprint density at radius 2 is 1.16 bits per heavy atom. The first kappa shape index (κ1) is 37.6. The Kier molecular flexibility index (Phi) is 10.3. The molecule has 4 fully saturated rings. The normalized spacial score (nSPS) is 23.9. The van der Waals surface area contributed by atoms with Crippen LogP contribution in [0.4, 0.5) is 22.4 Å². The highest BCUT2D eigenvalue weighted by Gasteiger charge is 2.67. The molecule has 7 rings (SSSR count). The van der Waals surface area contributed by atoms with Gasteiger partial charge in [-0.25, -0.2) is 16.8 Å². The predicted octanol–water partition coefficient (Wildman–Crippen LogP) is 9.15. The zero-order chi connectivity index (χ0) is 36.7. The van der Waals surface area contributed by atoms with Gasteiger partial charge in [-0.3, -0.25) is 0 Å². The van der Waals surface area contributed by atoms with E-state index in [1.807, 2.05) is 0 Å². The fraction of sp³-hybridized carbons (Fsp3) is 0.472. The van der Waals surface area contributed by atoms with Crippen LogP contribution in [0.5, 0.6) is 0 Å². The molecular weight excluding hydrogens is 733 g/mol. The van der Waals surface area contributed by atoms with Gasteiger partial charge < -0.3 is 9.47 Å². The highest BCUT2D eigenvalue weighted by molar-refractivity contribution is 8.33. The molecule has 4 bridgehead atoms. The van der Waals surface area contributed by atoms with E-state index in [1.54, 1.807) is 12.1 Å². The Balaban J connectivity index is 1.18. The number of alkyl halides is 4. The van der Waals surface area contributed by atoms with Gasteiger partial charge in [-0.05, 0) is 128 Å². The minimum Gasteiger partial charge on any atom is -0.434 e. The van der Waals surface area contributed by atoms with Crippen LogP contribution in [0.25, 0.3) is 0 Å². The first-order valence-electron chi connectivity index (χ1n) is 16.8. The van der Waals surface area contributed by atoms with Crippen LogP contribution < -0.4 is 0 Å². The van der Waals surface area contributed by atoms with E-state index in [1.165, 1.54) is 72.8 Å². The van der Waals surface area contributed by atoms with E-state index < -0.39 is 66.0 Å². The van der Waals surface area contributed by atoms with E-state index in [9.17, 15) is 21.6 Å². The number of hydrogen-bond acceptors (Lipinski definition) is 8. The number of benzene rings is 3. The van der Waals surface area contributed by atoms with Gasteiger partial charge in [-0.2, -0.15) is 26.0 Å². The van der Waals surface area contributed by atoms with E-state index in [0.29, 0.717) is 17.8 Å². The zero-order valence-electron chi connectivity index (χ0n) is 27.9. The molecule has 4 aliphatic rings. The summed E-state index contributed by atoms with van der Waals surface area (Å²) in [6, 6.07) is 19.7. The van der Waals surface area contributed by atoms with Crippen LogP contribution >= 0.6 is 10.3 Å². The molecule has 0 N–H and O–H groups in total. The number of ether oxygens (including phenoxy) is 2. The van der Waals surface area contributed by atoms with Gasteiger partial charge in [0.2, 0.25) is 0 Å². The summed E-state index contributed by atoms with van der Waals surface area (Å²) < 4.78 is 130. The summed E-state index contributed by atoms with van der Waals surface area (Å²) in [5.74, 6) is -3.54. The maximum atomic E-state index is 15.7. The largest absolute Gasteiger partial charge is 0.508 e. The maximum absolute atomic E-state index is 15.7. The minimum absolute atomic E-state index is 0.0208. The van der Waals surface area contributed by atoms with Gasteiger partial charge in [-0.1, -0.05) is 36.4 Å². The summed E-state index contributed by atoms with van der Waals surface area (Å²) in [6.07, 6.45) is 3.39. The number of rotatable bonds is 14. The maximum Gasteiger partial charge on any atom is 0.508 e. The molecule has 51 heavy (non-hydrogen) atoms. The monoisotopic (exact) mass is 772 g/mol. The number of halogens is 4. The van der Waals surface area contributed by atoms with Gasteiger partial charge in [0, 0.05) is 27.4 Å². The average Bonchev–Trinajstić information content (AvgIpc) is 3.06. The second-order valence-corrected chi connectivity index (χ2v) is 20.4. The van der Waals surface area contributed by atoms with E-state index in [-0.39, 0.29) is 32.6 Å². The second kappa shape index (κ2) is 14.0. The molecule has 0 unspecified atom stereocenters. The summed E-state index contributed by atoms with van der Waals surface area (Å²) in [5.41, 5.74) is -0.568. The Morgan fingerprint density at radius 1 is 0.706 bits per heavy atom. The van der Waals surface area contributed by atoms with Crippen LogP contribution in [0, 0.1) is 17.8 Å². The summed E-state index contributed by atoms with van der Waals surface area (Å²) in [6.45, 7) is -0.366. The van der Waals surface area contributed by atoms with E-state index >= 15 is 17.6 Å². The molecule has 0 saturated heterocycles. The van der Waals surface area contributed by atoms with Crippen molar-refractivity contribution in [3.8, 4) is 0 Å². The Morgan fingerprint density at radius 3 is 1.63 bits per heavy atom. The van der Waals surface area contributed by atoms with Gasteiger partial charge >= 0.3 is 27.5 Å². The van der Waals surface area contributed by atoms with Gasteiger partial charge in [0.25, 0.3) is 0 Å². The molecule has 4 aliphatic carbocycles. The Bertz CT molecular complexity index is 1850. The summed E-state index contributed by atoms with van der Waals surface area (Å²) in [5, 5.41) is -5.69. The molecule has 0 amide bonds. The molecule has 3 aromatic carbocycles. The van der Waals surface area contributed by atoms with Crippen molar-refractivity contribution in [1.29, 1.82) is 0 Å². The molecule has 3 aromatic rings. The van der Waals surface area contributed by atoms with E-state index in [4.69, 9.17) is 13.1 Å². The van der Waals surface area contributed by atoms with Crippen molar-refractivity contribution in [2.75, 3.05) is 12.9 Å². The highest BCUT2D eigenvalue weighted by atomic mass is 32.3. The SMILES string of the molecule is CS(=O)(=O)c1ccc(S(OS(=O)(=O)C(F)(F)C(F)(F)CCCCOC(=O)OC23CC4CC(CC(C4)C2)C3)(c2ccccc2)c2ccccc2)cc1. The first-order valence-corrected chi connectivity index (χ1v) is 21.6. The van der Waals surface area contributed by atoms with Crippen LogP contribution in [0.3, 0.4) is 0 Å². The number of carbonyl (C=O) groups excluding carboxylic acids is 1. The fourth-order valence-corrected chi connectivity index (χ4v) is 14.0. The summed E-state index contributed by atoms with van der Waals surface area (Å²) in [4.78, 5) is 12.5. The lowest BCUT2D eigenvalue weighted by atomic mass is 9.54. The molecule has 0 heterocycles. The average molecular weight is 773 g/mol. The lowest BCUT2D eigenvalue weighted by molar-refractivity contribution is -0.164. The number of hydrogen-bond donors (Lipinski definition) is 0. The first-order chi connectivity index (χ1) is 24.0. The zero-order valence-corrected chi connectivity index (χ0v) is 30.3. The molecule has 8 nitrogen and oxygen atoms in total. The lowest BCUT2D eigenvalue weighted by Crippen LogP contribution is -2.52. The van der Waals surface area contributed by atoms with Crippen molar-refractivity contribution in [3.63, 3.8) is 0 Å². The van der Waals surface area contributed by atoms with Crippen LogP contribution in [0.1, 0.15) is 57.8 Å². The van der Waals surface area contributed by atoms with Gasteiger partial charge in [-0.15, -0.1) is 0 Å². The molecular formula is C36H40F4O8S3. The summed E-state index contributed by atoms with van der Waals surface area (Å²) in [7, 11) is -13.8. The number of carbonyl (C=O) groups is 1. The van der Waals surface area contributed by atoms with Crippen LogP contribution in [0.15, 0.2) is 105 Å². The second-order valence-electron chi connectivity index (χ2n) is 13.9. The van der Waals surface area contributed by atoms with Crippen molar-refractivity contribution in [2.24, 2.45) is 17.8 Å². The molecule has 0 aliphatic heterocycles. The van der Waals surface area contributed by atoms with Crippen LogP contribution in [-0.2, 0) is 33.1 Å². The molecule has 15 heteroatoms. The Hall–Kier alpha value is -3.14. The van der Waals surface area contributed by atoms with Crippen molar-refractivity contribution in [2.45, 2.75) is 94.1 Å². The standard InChI is InChI=1S/C36H40F4O8S3/c1-49(42,43)29-14-16-32(17-15-29)50(30-10-4-2-5-11-30,31-12-6-3-7-13-31)48-51(44,45)36(39,40)35(37,38)18-8-9-19-46-33(41)47-34-23-26-20-27(24-34)22-28(21-26)25-34/h2-7,10-17,26-28H,8-9,18-25H2,1H3. The van der Waals surface area contributed by atoms with E-state index in [2.05, 4.69) is 0 Å². The topological polar surface area (TPSA) is 113 Å². The third kappa shape index (κ3) is 7.54. The molecule has 0 aromatic heterocycles. The van der Waals surface area contributed by atoms with Crippen LogP contribution in [-0.4, -0.2) is 52.6 Å². The van der Waals surface area contributed by atoms with Gasteiger partial charge in [0.15, 0.2) is 9.84 Å². The summed E-state index contributed by atoms with van der Waals surface area (Å²) >= 11 is 0. The van der Waals surface area contributed by atoms with Gasteiger partial charge in [0.05, 0.1) is 11.5 Å². The van der Waals surface area contributed by atoms with Crippen molar-refractivity contribution in [1.82, 2.24) is 0 Å². The third-order valence-electron chi connectivity index (χ3n) is 10.1. The fourth-order valence-electron chi connectivity index (χ4n) is 8.10.